The molecule has 0 fully saturated rings. The molecular formula is C20H14N2O3S2. The van der Waals surface area contributed by atoms with Gasteiger partial charge < -0.3 is 10.1 Å². The Kier molecular flexibility index (Phi) is 6.15. The van der Waals surface area contributed by atoms with Crippen LogP contribution in [0.2, 0.25) is 0 Å². The maximum atomic E-state index is 12.5. The van der Waals surface area contributed by atoms with E-state index in [4.69, 9.17) is 10.00 Å². The van der Waals surface area contributed by atoms with Gasteiger partial charge in [0.15, 0.2) is 6.61 Å². The Balaban J connectivity index is 1.63. The van der Waals surface area contributed by atoms with Gasteiger partial charge in [-0.1, -0.05) is 12.1 Å². The van der Waals surface area contributed by atoms with Gasteiger partial charge >= 0.3 is 5.97 Å². The molecule has 2 heterocycles. The van der Waals surface area contributed by atoms with E-state index in [-0.39, 0.29) is 0 Å². The molecule has 1 N–H and O–H groups in total. The second-order valence-electron chi connectivity index (χ2n) is 5.36. The fraction of sp³-hybridized carbons (Fsp3) is 0.0500. The monoisotopic (exact) mass is 394 g/mol. The first kappa shape index (κ1) is 18.6. The fourth-order valence-electron chi connectivity index (χ4n) is 2.21. The number of nitrogens with zero attached hydrogens (tertiary/aromatic N) is 1. The van der Waals surface area contributed by atoms with Gasteiger partial charge in [-0.2, -0.15) is 5.26 Å². The van der Waals surface area contributed by atoms with Gasteiger partial charge in [-0.15, -0.1) is 22.7 Å². The van der Waals surface area contributed by atoms with E-state index in [1.54, 1.807) is 30.3 Å². The summed E-state index contributed by atoms with van der Waals surface area (Å²) in [4.78, 5) is 26.2. The molecule has 0 bridgehead atoms. The van der Waals surface area contributed by atoms with Gasteiger partial charge in [0.1, 0.15) is 0 Å². The van der Waals surface area contributed by atoms with E-state index in [9.17, 15) is 9.59 Å². The van der Waals surface area contributed by atoms with Crippen LogP contribution in [-0.2, 0) is 14.3 Å². The number of benzene rings is 1. The van der Waals surface area contributed by atoms with E-state index >= 15 is 0 Å². The smallest absolute Gasteiger partial charge is 0.340 e. The van der Waals surface area contributed by atoms with Gasteiger partial charge in [-0.25, -0.2) is 4.79 Å². The lowest BCUT2D eigenvalue weighted by atomic mass is 10.2. The summed E-state index contributed by atoms with van der Waals surface area (Å²) in [5.41, 5.74) is 1.44. The number of ether oxygens (including phenoxy) is 1. The van der Waals surface area contributed by atoms with Crippen molar-refractivity contribution in [2.45, 2.75) is 0 Å². The highest BCUT2D eigenvalue weighted by molar-refractivity contribution is 7.12. The lowest BCUT2D eigenvalue weighted by molar-refractivity contribution is -0.141. The molecule has 0 spiro atoms. The average Bonchev–Trinajstić information content (AvgIpc) is 3.38. The number of nitrogens with one attached hydrogen (secondary N) is 1. The van der Waals surface area contributed by atoms with Gasteiger partial charge in [0.2, 0.25) is 0 Å². The second-order valence-corrected chi connectivity index (χ2v) is 7.29. The number of amides is 1. The van der Waals surface area contributed by atoms with Gasteiger partial charge in [-0.05, 0) is 53.2 Å². The minimum atomic E-state index is -0.555. The first-order valence-electron chi connectivity index (χ1n) is 7.92. The molecule has 0 aliphatic heterocycles. The lowest BCUT2D eigenvalue weighted by Gasteiger charge is -2.08. The molecule has 0 unspecified atom stereocenters. The SMILES string of the molecule is N#Cc1ccc(NC(=O)COC(=O)C(=Cc2cccs2)c2cccs2)cc1. The van der Waals surface area contributed by atoms with Crippen LogP contribution in [0.4, 0.5) is 5.69 Å². The Labute approximate surface area is 164 Å². The lowest BCUT2D eigenvalue weighted by Crippen LogP contribution is -2.21. The van der Waals surface area contributed by atoms with Crippen molar-refractivity contribution in [1.82, 2.24) is 0 Å². The maximum absolute atomic E-state index is 12.5. The van der Waals surface area contributed by atoms with Crippen LogP contribution in [0.3, 0.4) is 0 Å². The van der Waals surface area contributed by atoms with Crippen molar-refractivity contribution in [2.75, 3.05) is 11.9 Å². The zero-order valence-electron chi connectivity index (χ0n) is 14.0. The molecular weight excluding hydrogens is 380 g/mol. The zero-order valence-corrected chi connectivity index (χ0v) is 15.7. The van der Waals surface area contributed by atoms with E-state index in [0.29, 0.717) is 16.8 Å². The third kappa shape index (κ3) is 5.14. The van der Waals surface area contributed by atoms with Crippen LogP contribution >= 0.6 is 22.7 Å². The van der Waals surface area contributed by atoms with Crippen LogP contribution in [0.25, 0.3) is 11.6 Å². The van der Waals surface area contributed by atoms with Crippen molar-refractivity contribution in [3.63, 3.8) is 0 Å². The molecule has 0 saturated carbocycles. The predicted molar refractivity (Wildman–Crippen MR) is 107 cm³/mol. The predicted octanol–water partition coefficient (Wildman–Crippen LogP) is 4.40. The number of hydrogen-bond acceptors (Lipinski definition) is 6. The van der Waals surface area contributed by atoms with Gasteiger partial charge in [0, 0.05) is 15.4 Å². The fourth-order valence-corrected chi connectivity index (χ4v) is 3.60. The molecule has 0 aliphatic rings. The molecule has 0 radical (unpaired) electrons. The molecule has 3 rings (SSSR count). The molecule has 1 amide bonds. The van der Waals surface area contributed by atoms with Crippen LogP contribution < -0.4 is 5.32 Å². The van der Waals surface area contributed by atoms with Crippen LogP contribution in [-0.4, -0.2) is 18.5 Å². The summed E-state index contributed by atoms with van der Waals surface area (Å²) in [5, 5.41) is 15.2. The van der Waals surface area contributed by atoms with Crippen molar-refractivity contribution in [2.24, 2.45) is 0 Å². The maximum Gasteiger partial charge on any atom is 0.340 e. The Hall–Kier alpha value is -3.21. The molecule has 134 valence electrons. The standard InChI is InChI=1S/C20H14N2O3S2/c21-12-14-5-7-15(8-6-14)22-19(23)13-25-20(24)17(18-4-2-10-27-18)11-16-3-1-9-26-16/h1-11H,13H2,(H,22,23). The topological polar surface area (TPSA) is 79.2 Å². The Morgan fingerprint density at radius 3 is 2.44 bits per heavy atom. The number of hydrogen-bond donors (Lipinski definition) is 1. The van der Waals surface area contributed by atoms with Crippen molar-refractivity contribution < 1.29 is 14.3 Å². The number of esters is 1. The van der Waals surface area contributed by atoms with Gasteiger partial charge in [0.25, 0.3) is 5.91 Å². The minimum Gasteiger partial charge on any atom is -0.452 e. The van der Waals surface area contributed by atoms with Crippen molar-refractivity contribution in [3.8, 4) is 6.07 Å². The Bertz CT molecular complexity index is 983. The third-order valence-corrected chi connectivity index (χ3v) is 5.19. The summed E-state index contributed by atoms with van der Waals surface area (Å²) in [6.07, 6.45) is 1.76. The quantitative estimate of drug-likeness (QED) is 0.496. The van der Waals surface area contributed by atoms with E-state index < -0.39 is 18.5 Å². The largest absolute Gasteiger partial charge is 0.452 e. The average molecular weight is 394 g/mol. The summed E-state index contributed by atoms with van der Waals surface area (Å²) in [5.74, 6) is -1.00. The molecule has 1 aromatic carbocycles. The first-order valence-corrected chi connectivity index (χ1v) is 9.68. The van der Waals surface area contributed by atoms with Crippen LogP contribution in [0, 0.1) is 11.3 Å². The number of rotatable bonds is 6. The van der Waals surface area contributed by atoms with Crippen molar-refractivity contribution in [3.05, 3.63) is 74.6 Å². The third-order valence-electron chi connectivity index (χ3n) is 3.47. The first-order chi connectivity index (χ1) is 13.2. The van der Waals surface area contributed by atoms with Crippen LogP contribution in [0.5, 0.6) is 0 Å². The highest BCUT2D eigenvalue weighted by atomic mass is 32.1. The Morgan fingerprint density at radius 1 is 1.07 bits per heavy atom. The Morgan fingerprint density at radius 2 is 1.81 bits per heavy atom. The molecule has 27 heavy (non-hydrogen) atoms. The molecule has 0 atom stereocenters. The summed E-state index contributed by atoms with van der Waals surface area (Å²) in [7, 11) is 0. The number of anilines is 1. The molecule has 2 aromatic heterocycles. The second kappa shape index (κ2) is 8.94. The summed E-state index contributed by atoms with van der Waals surface area (Å²) < 4.78 is 5.20. The number of thiophene rings is 2. The summed E-state index contributed by atoms with van der Waals surface area (Å²) >= 11 is 2.94. The highest BCUT2D eigenvalue weighted by Crippen LogP contribution is 2.25. The zero-order chi connectivity index (χ0) is 19.1. The van der Waals surface area contributed by atoms with E-state index in [2.05, 4.69) is 5.32 Å². The van der Waals surface area contributed by atoms with E-state index in [0.717, 1.165) is 9.75 Å². The number of nitriles is 1. The molecule has 5 nitrogen and oxygen atoms in total. The summed E-state index contributed by atoms with van der Waals surface area (Å²) in [6.45, 7) is -0.397. The highest BCUT2D eigenvalue weighted by Gasteiger charge is 2.17. The van der Waals surface area contributed by atoms with Crippen molar-refractivity contribution >= 4 is 51.9 Å². The molecule has 7 heteroatoms. The minimum absolute atomic E-state index is 0.397. The summed E-state index contributed by atoms with van der Waals surface area (Å²) in [6, 6.07) is 15.9. The van der Waals surface area contributed by atoms with E-state index in [1.807, 2.05) is 41.1 Å². The normalized spacial score (nSPS) is 10.9. The van der Waals surface area contributed by atoms with Crippen molar-refractivity contribution in [1.29, 1.82) is 5.26 Å². The van der Waals surface area contributed by atoms with Crippen LogP contribution in [0.15, 0.2) is 59.3 Å². The molecule has 0 aliphatic carbocycles. The molecule has 3 aromatic rings. The van der Waals surface area contributed by atoms with E-state index in [1.165, 1.54) is 22.7 Å². The van der Waals surface area contributed by atoms with Crippen LogP contribution in [0.1, 0.15) is 15.3 Å². The van der Waals surface area contributed by atoms with Gasteiger partial charge in [-0.3, -0.25) is 4.79 Å². The van der Waals surface area contributed by atoms with Gasteiger partial charge in [0.05, 0.1) is 17.2 Å². The molecule has 0 saturated heterocycles. The number of carbonyl (C=O) groups excluding carboxylic acids is 2. The number of carbonyl (C=O) groups is 2.